The number of benzene rings is 1. The van der Waals surface area contributed by atoms with Crippen LogP contribution in [0.1, 0.15) is 99.8 Å². The van der Waals surface area contributed by atoms with Gasteiger partial charge in [-0.1, -0.05) is 38.3 Å². The van der Waals surface area contributed by atoms with Crippen LogP contribution in [0.25, 0.3) is 0 Å². The Morgan fingerprint density at radius 2 is 1.37 bits per heavy atom. The van der Waals surface area contributed by atoms with Gasteiger partial charge in [-0.15, -0.1) is 0 Å². The van der Waals surface area contributed by atoms with Gasteiger partial charge in [-0.2, -0.15) is 0 Å². The third-order valence-corrected chi connectivity index (χ3v) is 7.30. The van der Waals surface area contributed by atoms with E-state index >= 15 is 0 Å². The monoisotopic (exact) mass is 370 g/mol. The Hall–Kier alpha value is -1.31. The van der Waals surface area contributed by atoms with Crippen LogP contribution in [0.15, 0.2) is 12.1 Å². The molecule has 0 atom stereocenters. The zero-order valence-corrected chi connectivity index (χ0v) is 17.7. The Kier molecular flexibility index (Phi) is 6.33. The smallest absolute Gasteiger partial charge is 0.309 e. The molecule has 27 heavy (non-hydrogen) atoms. The number of carboxylic acid groups (broad SMARTS) is 1. The van der Waals surface area contributed by atoms with Crippen LogP contribution in [0.2, 0.25) is 0 Å². The van der Waals surface area contributed by atoms with Gasteiger partial charge in [0.15, 0.2) is 0 Å². The van der Waals surface area contributed by atoms with Gasteiger partial charge < -0.3 is 5.11 Å². The quantitative estimate of drug-likeness (QED) is 0.412. The molecule has 0 radical (unpaired) electrons. The summed E-state index contributed by atoms with van der Waals surface area (Å²) in [6.45, 7) is 6.89. The number of unbranched alkanes of at least 4 members (excludes halogenated alkanes) is 3. The molecule has 0 bridgehead atoms. The highest BCUT2D eigenvalue weighted by molar-refractivity contribution is 5.77. The molecule has 3 rings (SSSR count). The van der Waals surface area contributed by atoms with Gasteiger partial charge in [0.2, 0.25) is 0 Å². The molecule has 2 heteroatoms. The highest BCUT2D eigenvalue weighted by atomic mass is 16.4. The number of hydrogen-bond donors (Lipinski definition) is 1. The average molecular weight is 371 g/mol. The van der Waals surface area contributed by atoms with Crippen LogP contribution < -0.4 is 0 Å². The molecule has 0 aliphatic heterocycles. The van der Waals surface area contributed by atoms with Gasteiger partial charge in [-0.3, -0.25) is 4.79 Å². The summed E-state index contributed by atoms with van der Waals surface area (Å²) in [7, 11) is 0. The van der Waals surface area contributed by atoms with Gasteiger partial charge in [0, 0.05) is 0 Å². The minimum Gasteiger partial charge on any atom is -0.481 e. The fourth-order valence-corrected chi connectivity index (χ4v) is 4.41. The molecule has 150 valence electrons. The first-order valence-corrected chi connectivity index (χ1v) is 11.2. The van der Waals surface area contributed by atoms with E-state index in [1.165, 1.54) is 61.6 Å². The largest absolute Gasteiger partial charge is 0.481 e. The lowest BCUT2D eigenvalue weighted by Gasteiger charge is -2.14. The molecule has 0 aromatic heterocycles. The molecule has 0 amide bonds. The Labute approximate surface area is 165 Å². The molecule has 2 saturated carbocycles. The molecule has 2 aliphatic carbocycles. The van der Waals surface area contributed by atoms with Crippen LogP contribution in [0, 0.1) is 24.7 Å². The molecule has 0 unspecified atom stereocenters. The first-order chi connectivity index (χ1) is 12.8. The highest BCUT2D eigenvalue weighted by Gasteiger charge is 2.49. The van der Waals surface area contributed by atoms with Gasteiger partial charge in [0.1, 0.15) is 0 Å². The summed E-state index contributed by atoms with van der Waals surface area (Å²) in [4.78, 5) is 11.3. The van der Waals surface area contributed by atoms with Crippen molar-refractivity contribution in [3.63, 3.8) is 0 Å². The van der Waals surface area contributed by atoms with Gasteiger partial charge >= 0.3 is 5.97 Å². The van der Waals surface area contributed by atoms with Crippen molar-refractivity contribution in [2.75, 3.05) is 0 Å². The number of aliphatic carboxylic acids is 1. The average Bonchev–Trinajstić information content (AvgIpc) is 3.53. The second kappa shape index (κ2) is 8.37. The molecule has 2 fully saturated rings. The number of carbonyl (C=O) groups is 1. The summed E-state index contributed by atoms with van der Waals surface area (Å²) in [6, 6.07) is 4.83. The van der Waals surface area contributed by atoms with Gasteiger partial charge in [-0.25, -0.2) is 0 Å². The van der Waals surface area contributed by atoms with Crippen LogP contribution >= 0.6 is 0 Å². The maximum absolute atomic E-state index is 11.3. The highest BCUT2D eigenvalue weighted by Crippen LogP contribution is 2.50. The lowest BCUT2D eigenvalue weighted by atomic mass is 9.91. The molecule has 2 aliphatic rings. The normalized spacial score (nSPS) is 19.1. The Morgan fingerprint density at radius 1 is 0.852 bits per heavy atom. The maximum Gasteiger partial charge on any atom is 0.309 e. The van der Waals surface area contributed by atoms with Crippen LogP contribution in [0.5, 0.6) is 0 Å². The predicted octanol–water partition coefficient (Wildman–Crippen LogP) is 6.78. The van der Waals surface area contributed by atoms with E-state index in [1.54, 1.807) is 5.56 Å². The van der Waals surface area contributed by atoms with E-state index in [4.69, 9.17) is 0 Å². The van der Waals surface area contributed by atoms with E-state index in [9.17, 15) is 9.90 Å². The topological polar surface area (TPSA) is 37.3 Å². The van der Waals surface area contributed by atoms with Crippen LogP contribution in [0.3, 0.4) is 0 Å². The lowest BCUT2D eigenvalue weighted by molar-refractivity contribution is -0.143. The minimum atomic E-state index is -0.570. The van der Waals surface area contributed by atoms with Crippen molar-refractivity contribution >= 4 is 5.97 Å². The molecule has 0 saturated heterocycles. The van der Waals surface area contributed by atoms with Crippen molar-refractivity contribution in [3.05, 3.63) is 34.4 Å². The van der Waals surface area contributed by atoms with E-state index in [-0.39, 0.29) is 5.41 Å². The SMILES string of the molecule is Cc1cc(CCCCCC2(C(=O)O)CC2)c(CCCCC2(C)CC2)cc1C. The first-order valence-electron chi connectivity index (χ1n) is 11.2. The van der Waals surface area contributed by atoms with Crippen LogP contribution in [0.4, 0.5) is 0 Å². The molecule has 0 spiro atoms. The molecule has 1 aromatic rings. The molecule has 0 heterocycles. The third kappa shape index (κ3) is 5.59. The summed E-state index contributed by atoms with van der Waals surface area (Å²) in [5.41, 5.74) is 6.26. The van der Waals surface area contributed by atoms with E-state index in [0.29, 0.717) is 5.41 Å². The standard InChI is InChI=1S/C25H38O2/c1-19-17-21(9-5-4-7-12-25(15-16-25)23(26)27)22(18-20(19)2)10-6-8-11-24(3)13-14-24/h17-18H,4-16H2,1-3H3,(H,26,27). The van der Waals surface area contributed by atoms with Crippen molar-refractivity contribution in [1.82, 2.24) is 0 Å². The van der Waals surface area contributed by atoms with Crippen molar-refractivity contribution in [2.45, 2.75) is 104 Å². The van der Waals surface area contributed by atoms with Gasteiger partial charge in [0.25, 0.3) is 0 Å². The summed E-state index contributed by atoms with van der Waals surface area (Å²) in [6.07, 6.45) is 15.4. The zero-order chi connectivity index (χ0) is 19.5. The van der Waals surface area contributed by atoms with Crippen LogP contribution in [-0.2, 0) is 17.6 Å². The zero-order valence-electron chi connectivity index (χ0n) is 17.7. The summed E-state index contributed by atoms with van der Waals surface area (Å²) in [5.74, 6) is -0.570. The number of aryl methyl sites for hydroxylation is 4. The Bertz CT molecular complexity index is 665. The fraction of sp³-hybridized carbons (Fsp3) is 0.720. The summed E-state index contributed by atoms with van der Waals surface area (Å²) in [5, 5.41) is 9.29. The predicted molar refractivity (Wildman–Crippen MR) is 112 cm³/mol. The van der Waals surface area contributed by atoms with Crippen LogP contribution in [-0.4, -0.2) is 11.1 Å². The molecule has 1 aromatic carbocycles. The Morgan fingerprint density at radius 3 is 1.85 bits per heavy atom. The van der Waals surface area contributed by atoms with Crippen molar-refractivity contribution in [1.29, 1.82) is 0 Å². The lowest BCUT2D eigenvalue weighted by Crippen LogP contribution is -2.14. The van der Waals surface area contributed by atoms with Gasteiger partial charge in [-0.05, 0) is 106 Å². The molecular weight excluding hydrogens is 332 g/mol. The molecule has 1 N–H and O–H groups in total. The van der Waals surface area contributed by atoms with Gasteiger partial charge in [0.05, 0.1) is 5.41 Å². The van der Waals surface area contributed by atoms with E-state index in [0.717, 1.165) is 38.5 Å². The van der Waals surface area contributed by atoms with Crippen molar-refractivity contribution in [2.24, 2.45) is 10.8 Å². The number of carboxylic acids is 1. The number of rotatable bonds is 12. The molecular formula is C25H38O2. The fourth-order valence-electron chi connectivity index (χ4n) is 4.41. The van der Waals surface area contributed by atoms with Crippen molar-refractivity contribution in [3.8, 4) is 0 Å². The first kappa shape index (κ1) is 20.4. The van der Waals surface area contributed by atoms with E-state index in [2.05, 4.69) is 32.9 Å². The second-order valence-corrected chi connectivity index (χ2v) is 9.87. The van der Waals surface area contributed by atoms with E-state index < -0.39 is 5.97 Å². The van der Waals surface area contributed by atoms with Crippen molar-refractivity contribution < 1.29 is 9.90 Å². The third-order valence-electron chi connectivity index (χ3n) is 7.30. The summed E-state index contributed by atoms with van der Waals surface area (Å²) >= 11 is 0. The Balaban J connectivity index is 1.44. The van der Waals surface area contributed by atoms with E-state index in [1.807, 2.05) is 0 Å². The molecule has 2 nitrogen and oxygen atoms in total. The number of hydrogen-bond acceptors (Lipinski definition) is 1. The second-order valence-electron chi connectivity index (χ2n) is 9.87. The summed E-state index contributed by atoms with van der Waals surface area (Å²) < 4.78 is 0. The maximum atomic E-state index is 11.3. The minimum absolute atomic E-state index is 0.343.